The first kappa shape index (κ1) is 16.5. The minimum Gasteiger partial charge on any atom is -0.313 e. The lowest BCUT2D eigenvalue weighted by Gasteiger charge is -2.36. The van der Waals surface area contributed by atoms with E-state index in [2.05, 4.69) is 29.4 Å². The molecule has 2 N–H and O–H groups in total. The molecule has 0 spiro atoms. The van der Waals surface area contributed by atoms with E-state index in [0.29, 0.717) is 24.6 Å². The highest BCUT2D eigenvalue weighted by molar-refractivity contribution is 7.89. The molecule has 6 nitrogen and oxygen atoms in total. The lowest BCUT2D eigenvalue weighted by atomic mass is 9.94. The second kappa shape index (κ2) is 6.89. The van der Waals surface area contributed by atoms with Gasteiger partial charge in [0.25, 0.3) is 10.0 Å². The molecule has 1 aromatic heterocycles. The van der Waals surface area contributed by atoms with Crippen molar-refractivity contribution in [2.45, 2.75) is 57.6 Å². The average molecular weight is 314 g/mol. The van der Waals surface area contributed by atoms with E-state index < -0.39 is 10.0 Å². The number of nitrogens with one attached hydrogen (secondary N) is 2. The minimum absolute atomic E-state index is 0.0310. The molecular formula is C14H26N4O2S. The summed E-state index contributed by atoms with van der Waals surface area (Å²) < 4.78 is 27.4. The zero-order chi connectivity index (χ0) is 15.5. The fourth-order valence-electron chi connectivity index (χ4n) is 2.80. The number of hydrogen-bond acceptors (Lipinski definition) is 4. The molecule has 1 fully saturated rings. The van der Waals surface area contributed by atoms with E-state index in [9.17, 15) is 8.42 Å². The van der Waals surface area contributed by atoms with Crippen LogP contribution in [0.1, 0.15) is 45.6 Å². The zero-order valence-corrected chi connectivity index (χ0v) is 13.9. The molecule has 2 heterocycles. The Bertz CT molecular complexity index is 555. The van der Waals surface area contributed by atoms with Gasteiger partial charge in [0.1, 0.15) is 0 Å². The van der Waals surface area contributed by atoms with Crippen LogP contribution < -0.4 is 5.32 Å². The Morgan fingerprint density at radius 3 is 2.95 bits per heavy atom. The predicted molar refractivity (Wildman–Crippen MR) is 82.3 cm³/mol. The van der Waals surface area contributed by atoms with Crippen molar-refractivity contribution < 1.29 is 8.42 Å². The minimum atomic E-state index is -3.49. The van der Waals surface area contributed by atoms with Crippen LogP contribution in [0.4, 0.5) is 0 Å². The van der Waals surface area contributed by atoms with Crippen molar-refractivity contribution in [1.29, 1.82) is 0 Å². The maximum atomic E-state index is 12.9. The maximum absolute atomic E-state index is 12.9. The maximum Gasteiger partial charge on any atom is 0.260 e. The number of rotatable bonds is 6. The Morgan fingerprint density at radius 1 is 1.48 bits per heavy atom. The van der Waals surface area contributed by atoms with E-state index in [1.165, 1.54) is 0 Å². The van der Waals surface area contributed by atoms with E-state index in [1.54, 1.807) is 10.5 Å². The first-order valence-corrected chi connectivity index (χ1v) is 9.17. The van der Waals surface area contributed by atoms with Crippen molar-refractivity contribution in [2.24, 2.45) is 5.92 Å². The van der Waals surface area contributed by atoms with Gasteiger partial charge in [0, 0.05) is 24.7 Å². The van der Waals surface area contributed by atoms with Gasteiger partial charge in [-0.15, -0.1) is 0 Å². The summed E-state index contributed by atoms with van der Waals surface area (Å²) in [7, 11) is -3.49. The van der Waals surface area contributed by atoms with Crippen LogP contribution >= 0.6 is 0 Å². The molecule has 0 aliphatic carbocycles. The molecule has 120 valence electrons. The van der Waals surface area contributed by atoms with Gasteiger partial charge in [-0.25, -0.2) is 8.42 Å². The lowest BCUT2D eigenvalue weighted by Crippen LogP contribution is -2.46. The van der Waals surface area contributed by atoms with Gasteiger partial charge in [-0.3, -0.25) is 5.10 Å². The van der Waals surface area contributed by atoms with E-state index in [-0.39, 0.29) is 11.1 Å². The molecule has 0 aromatic carbocycles. The van der Waals surface area contributed by atoms with Gasteiger partial charge in [0.05, 0.1) is 6.20 Å². The van der Waals surface area contributed by atoms with Crippen molar-refractivity contribution >= 4 is 10.0 Å². The number of sulfonamides is 1. The number of nitrogens with zero attached hydrogens (tertiary/aromatic N) is 2. The van der Waals surface area contributed by atoms with Crippen LogP contribution in [0.15, 0.2) is 11.2 Å². The first-order chi connectivity index (χ1) is 9.98. The molecule has 1 aliphatic rings. The number of hydrogen-bond donors (Lipinski definition) is 2. The summed E-state index contributed by atoms with van der Waals surface area (Å²) in [5.41, 5.74) is 0.717. The third-order valence-electron chi connectivity index (χ3n) is 4.30. The summed E-state index contributed by atoms with van der Waals surface area (Å²) in [5.74, 6) is 0.387. The number of aromatic nitrogens is 2. The van der Waals surface area contributed by atoms with Crippen molar-refractivity contribution in [2.75, 3.05) is 13.1 Å². The Morgan fingerprint density at radius 2 is 2.24 bits per heavy atom. The van der Waals surface area contributed by atoms with Crippen LogP contribution in [-0.2, 0) is 16.6 Å². The van der Waals surface area contributed by atoms with Crippen molar-refractivity contribution in [3.63, 3.8) is 0 Å². The summed E-state index contributed by atoms with van der Waals surface area (Å²) in [4.78, 5) is 0. The molecule has 21 heavy (non-hydrogen) atoms. The highest BCUT2D eigenvalue weighted by Crippen LogP contribution is 2.29. The van der Waals surface area contributed by atoms with Gasteiger partial charge in [0.15, 0.2) is 5.03 Å². The molecule has 2 rings (SSSR count). The zero-order valence-electron chi connectivity index (χ0n) is 13.1. The lowest BCUT2D eigenvalue weighted by molar-refractivity contribution is 0.201. The Hall–Kier alpha value is -0.920. The highest BCUT2D eigenvalue weighted by atomic mass is 32.2. The van der Waals surface area contributed by atoms with Gasteiger partial charge in [0.2, 0.25) is 0 Å². The smallest absolute Gasteiger partial charge is 0.260 e. The monoisotopic (exact) mass is 314 g/mol. The van der Waals surface area contributed by atoms with Gasteiger partial charge >= 0.3 is 0 Å². The van der Waals surface area contributed by atoms with E-state index in [0.717, 1.165) is 25.8 Å². The van der Waals surface area contributed by atoms with Gasteiger partial charge in [-0.2, -0.15) is 9.40 Å². The fraction of sp³-hybridized carbons (Fsp3) is 0.786. The standard InChI is InChI=1S/C14H26N4O2S/c1-4-7-15-9-13-10-16-17-14(13)21(19,20)18-8-5-6-11(2)12(18)3/h10-12,15H,4-9H2,1-3H3,(H,16,17). The second-order valence-corrected chi connectivity index (χ2v) is 7.70. The molecule has 0 amide bonds. The van der Waals surface area contributed by atoms with Crippen LogP contribution in [0.5, 0.6) is 0 Å². The van der Waals surface area contributed by atoms with Crippen LogP contribution in [0, 0.1) is 5.92 Å². The largest absolute Gasteiger partial charge is 0.313 e. The summed E-state index contributed by atoms with van der Waals surface area (Å²) in [6.07, 6.45) is 4.62. The summed E-state index contributed by atoms with van der Waals surface area (Å²) in [6, 6.07) is 0.0310. The van der Waals surface area contributed by atoms with Crippen LogP contribution in [0.3, 0.4) is 0 Å². The number of aromatic amines is 1. The Labute approximate surface area is 127 Å². The molecule has 1 aliphatic heterocycles. The summed E-state index contributed by atoms with van der Waals surface area (Å²) in [5, 5.41) is 10.1. The molecule has 1 aromatic rings. The SMILES string of the molecule is CCCNCc1cn[nH]c1S(=O)(=O)N1CCCC(C)C1C. The molecule has 1 saturated heterocycles. The van der Waals surface area contributed by atoms with Crippen LogP contribution in [0.25, 0.3) is 0 Å². The molecule has 0 saturated carbocycles. The predicted octanol–water partition coefficient (Wildman–Crippen LogP) is 1.72. The molecule has 0 radical (unpaired) electrons. The van der Waals surface area contributed by atoms with E-state index >= 15 is 0 Å². The number of piperidine rings is 1. The molecular weight excluding hydrogens is 288 g/mol. The first-order valence-electron chi connectivity index (χ1n) is 7.73. The molecule has 2 atom stereocenters. The van der Waals surface area contributed by atoms with Crippen LogP contribution in [-0.4, -0.2) is 42.1 Å². The third-order valence-corrected chi connectivity index (χ3v) is 6.30. The molecule has 0 bridgehead atoms. The van der Waals surface area contributed by atoms with Crippen LogP contribution in [0.2, 0.25) is 0 Å². The topological polar surface area (TPSA) is 78.1 Å². The Kier molecular flexibility index (Phi) is 5.40. The van der Waals surface area contributed by atoms with Gasteiger partial charge in [-0.05, 0) is 38.6 Å². The van der Waals surface area contributed by atoms with E-state index in [4.69, 9.17) is 0 Å². The molecule has 7 heteroatoms. The summed E-state index contributed by atoms with van der Waals surface area (Å²) >= 11 is 0. The van der Waals surface area contributed by atoms with E-state index in [1.807, 2.05) is 6.92 Å². The molecule has 2 unspecified atom stereocenters. The van der Waals surface area contributed by atoms with Gasteiger partial charge in [-0.1, -0.05) is 13.8 Å². The third kappa shape index (κ3) is 3.46. The van der Waals surface area contributed by atoms with Gasteiger partial charge < -0.3 is 5.32 Å². The van der Waals surface area contributed by atoms with Crippen molar-refractivity contribution in [1.82, 2.24) is 19.8 Å². The summed E-state index contributed by atoms with van der Waals surface area (Å²) in [6.45, 7) is 8.17. The number of H-pyrrole nitrogens is 1. The second-order valence-electron chi connectivity index (χ2n) is 5.88. The Balaban J connectivity index is 2.21. The highest BCUT2D eigenvalue weighted by Gasteiger charge is 2.36. The van der Waals surface area contributed by atoms with Crippen molar-refractivity contribution in [3.8, 4) is 0 Å². The van der Waals surface area contributed by atoms with Crippen molar-refractivity contribution in [3.05, 3.63) is 11.8 Å². The average Bonchev–Trinajstić information content (AvgIpc) is 2.91. The fourth-order valence-corrected chi connectivity index (χ4v) is 4.68. The quantitative estimate of drug-likeness (QED) is 0.784. The normalized spacial score (nSPS) is 24.3.